The molecule has 2 atom stereocenters. The minimum Gasteiger partial charge on any atom is -0.274 e. The molecule has 0 saturated carbocycles. The van der Waals surface area contributed by atoms with Crippen LogP contribution >= 0.6 is 0 Å². The Morgan fingerprint density at radius 1 is 0.632 bits per heavy atom. The number of carbonyl (C=O) groups excluding carboxylic acids is 2. The van der Waals surface area contributed by atoms with Crippen LogP contribution in [0.2, 0.25) is 0 Å². The Labute approximate surface area is 219 Å². The summed E-state index contributed by atoms with van der Waals surface area (Å²) < 4.78 is 0. The van der Waals surface area contributed by atoms with E-state index in [9.17, 15) is 19.7 Å². The van der Waals surface area contributed by atoms with E-state index in [-0.39, 0.29) is 17.5 Å². The quantitative estimate of drug-likeness (QED) is 0.196. The number of non-ortho nitro benzene ring substituents is 1. The van der Waals surface area contributed by atoms with Crippen LogP contribution in [0.25, 0.3) is 11.1 Å². The number of rotatable bonds is 3. The Morgan fingerprint density at radius 2 is 1.00 bits per heavy atom. The number of amides is 2. The zero-order valence-corrected chi connectivity index (χ0v) is 20.9. The maximum atomic E-state index is 14.2. The van der Waals surface area contributed by atoms with Crippen LogP contribution in [0.4, 0.5) is 11.4 Å². The summed E-state index contributed by atoms with van der Waals surface area (Å²) in [5.41, 5.74) is 5.50. The number of hydrogen-bond donors (Lipinski definition) is 0. The molecule has 6 heteroatoms. The molecule has 4 aromatic rings. The average molecular weight is 501 g/mol. The van der Waals surface area contributed by atoms with Gasteiger partial charge < -0.3 is 0 Å². The first kappa shape index (κ1) is 22.6. The molecule has 38 heavy (non-hydrogen) atoms. The zero-order valence-electron chi connectivity index (χ0n) is 20.9. The highest BCUT2D eigenvalue weighted by atomic mass is 16.6. The molecule has 0 N–H and O–H groups in total. The number of hydrogen-bond acceptors (Lipinski definition) is 4. The van der Waals surface area contributed by atoms with E-state index >= 15 is 0 Å². The van der Waals surface area contributed by atoms with Crippen LogP contribution in [-0.2, 0) is 20.4 Å². The minimum atomic E-state index is -0.615. The van der Waals surface area contributed by atoms with Gasteiger partial charge in [-0.05, 0) is 57.6 Å². The molecule has 1 saturated heterocycles. The summed E-state index contributed by atoms with van der Waals surface area (Å²) in [6, 6.07) is 30.1. The number of nitrogens with zero attached hydrogens (tertiary/aromatic N) is 2. The van der Waals surface area contributed by atoms with Crippen molar-refractivity contribution in [2.24, 2.45) is 11.8 Å². The molecule has 1 fully saturated rings. The molecular formula is C32H24N2O4. The molecule has 0 spiro atoms. The summed E-state index contributed by atoms with van der Waals surface area (Å²) in [6.45, 7) is 4.24. The lowest BCUT2D eigenvalue weighted by Gasteiger charge is -2.57. The summed E-state index contributed by atoms with van der Waals surface area (Å²) in [4.78, 5) is 40.3. The first-order valence-corrected chi connectivity index (χ1v) is 12.7. The summed E-state index contributed by atoms with van der Waals surface area (Å²) in [5, 5.41) is 11.0. The van der Waals surface area contributed by atoms with E-state index in [0.29, 0.717) is 5.69 Å². The summed E-state index contributed by atoms with van der Waals surface area (Å²) in [6.07, 6.45) is 0. The highest BCUT2D eigenvalue weighted by molar-refractivity contribution is 6.24. The number of carbonyl (C=O) groups is 2. The van der Waals surface area contributed by atoms with Crippen LogP contribution in [0.15, 0.2) is 97.1 Å². The van der Waals surface area contributed by atoms with Crippen molar-refractivity contribution in [3.05, 3.63) is 129 Å². The second kappa shape index (κ2) is 7.48. The predicted octanol–water partition coefficient (Wildman–Crippen LogP) is 6.01. The van der Waals surface area contributed by atoms with Gasteiger partial charge in [0.2, 0.25) is 11.8 Å². The summed E-state index contributed by atoms with van der Waals surface area (Å²) in [7, 11) is 0. The van der Waals surface area contributed by atoms with Crippen molar-refractivity contribution in [1.82, 2.24) is 0 Å². The van der Waals surface area contributed by atoms with Crippen molar-refractivity contribution >= 4 is 23.2 Å². The minimum absolute atomic E-state index is 0.0276. The van der Waals surface area contributed by atoms with Crippen molar-refractivity contribution in [3.63, 3.8) is 0 Å². The number of anilines is 1. The average Bonchev–Trinajstić information content (AvgIpc) is 3.22. The highest BCUT2D eigenvalue weighted by Gasteiger charge is 2.70. The Balaban J connectivity index is 1.33. The molecule has 6 nitrogen and oxygen atoms in total. The molecule has 0 radical (unpaired) electrons. The largest absolute Gasteiger partial charge is 0.274 e. The third-order valence-electron chi connectivity index (χ3n) is 9.18. The van der Waals surface area contributed by atoms with Crippen LogP contribution in [0.3, 0.4) is 0 Å². The third-order valence-corrected chi connectivity index (χ3v) is 9.18. The standard InChI is InChI=1S/C32H24N2O4/c1-31-23-7-3-5-9-25(23)32(2,26-10-6-4-8-24(26)31)28-27(31)29(35)33(30(28)36)21-15-11-19(12-16-21)20-13-17-22(18-14-20)34(37)38/h3-18,27-28H,1-2H3/t27-,28-,31?,32?/m1/s1. The lowest BCUT2D eigenvalue weighted by atomic mass is 9.42. The smallest absolute Gasteiger partial charge is 0.269 e. The molecule has 2 amide bonds. The number of benzene rings is 4. The van der Waals surface area contributed by atoms with Crippen LogP contribution in [0.1, 0.15) is 36.1 Å². The number of nitro groups is 1. The molecule has 8 rings (SSSR count). The maximum Gasteiger partial charge on any atom is 0.269 e. The highest BCUT2D eigenvalue weighted by Crippen LogP contribution is 2.66. The Hall–Kier alpha value is -4.58. The molecule has 4 aliphatic rings. The summed E-state index contributed by atoms with van der Waals surface area (Å²) in [5.74, 6) is -1.33. The van der Waals surface area contributed by atoms with Gasteiger partial charge in [0.1, 0.15) is 0 Å². The van der Waals surface area contributed by atoms with Crippen LogP contribution in [0.5, 0.6) is 0 Å². The van der Waals surface area contributed by atoms with Gasteiger partial charge in [0.25, 0.3) is 5.69 Å². The predicted molar refractivity (Wildman–Crippen MR) is 144 cm³/mol. The number of nitro benzene ring substituents is 1. The summed E-state index contributed by atoms with van der Waals surface area (Å²) >= 11 is 0. The van der Waals surface area contributed by atoms with Crippen molar-refractivity contribution in [3.8, 4) is 11.1 Å². The Bertz CT molecular complexity index is 1550. The van der Waals surface area contributed by atoms with Gasteiger partial charge in [-0.2, -0.15) is 0 Å². The molecule has 3 aliphatic carbocycles. The molecule has 0 aromatic heterocycles. The second-order valence-electron chi connectivity index (χ2n) is 10.8. The zero-order chi connectivity index (χ0) is 26.4. The molecule has 2 bridgehead atoms. The fraction of sp³-hybridized carbons (Fsp3) is 0.188. The lowest BCUT2D eigenvalue weighted by Crippen LogP contribution is -2.59. The molecular weight excluding hydrogens is 476 g/mol. The van der Waals surface area contributed by atoms with Gasteiger partial charge in [-0.25, -0.2) is 4.90 Å². The topological polar surface area (TPSA) is 80.5 Å². The molecule has 1 heterocycles. The van der Waals surface area contributed by atoms with Crippen molar-refractivity contribution < 1.29 is 14.5 Å². The van der Waals surface area contributed by atoms with E-state index in [1.165, 1.54) is 17.0 Å². The first-order valence-electron chi connectivity index (χ1n) is 12.7. The maximum absolute atomic E-state index is 14.2. The van der Waals surface area contributed by atoms with Crippen LogP contribution in [-0.4, -0.2) is 16.7 Å². The van der Waals surface area contributed by atoms with E-state index in [1.807, 2.05) is 36.4 Å². The van der Waals surface area contributed by atoms with E-state index in [1.54, 1.807) is 24.3 Å². The van der Waals surface area contributed by atoms with Gasteiger partial charge in [0.05, 0.1) is 22.4 Å². The monoisotopic (exact) mass is 500 g/mol. The van der Waals surface area contributed by atoms with Crippen molar-refractivity contribution in [1.29, 1.82) is 0 Å². The molecule has 4 aromatic carbocycles. The normalized spacial score (nSPS) is 26.6. The van der Waals surface area contributed by atoms with E-state index in [2.05, 4.69) is 38.1 Å². The van der Waals surface area contributed by atoms with Crippen LogP contribution in [0, 0.1) is 22.0 Å². The Morgan fingerprint density at radius 3 is 1.37 bits per heavy atom. The van der Waals surface area contributed by atoms with Gasteiger partial charge >= 0.3 is 0 Å². The van der Waals surface area contributed by atoms with E-state index in [4.69, 9.17) is 0 Å². The van der Waals surface area contributed by atoms with Gasteiger partial charge in [-0.3, -0.25) is 19.7 Å². The third kappa shape index (κ3) is 2.62. The Kier molecular flexibility index (Phi) is 4.45. The van der Waals surface area contributed by atoms with Gasteiger partial charge in [-0.15, -0.1) is 0 Å². The van der Waals surface area contributed by atoms with Crippen molar-refractivity contribution in [2.45, 2.75) is 24.7 Å². The van der Waals surface area contributed by atoms with Crippen molar-refractivity contribution in [2.75, 3.05) is 4.90 Å². The SMILES string of the molecule is CC12c3ccccc3C(C)(c3ccccc31)[C@H]1C(=O)N(c3ccc(-c4ccc([N+](=O)[O-])cc4)cc3)C(=O)[C@@H]12. The van der Waals surface area contributed by atoms with E-state index in [0.717, 1.165) is 33.4 Å². The fourth-order valence-electron chi connectivity index (χ4n) is 7.40. The van der Waals surface area contributed by atoms with Gasteiger partial charge in [-0.1, -0.05) is 74.5 Å². The van der Waals surface area contributed by atoms with E-state index < -0.39 is 27.6 Å². The second-order valence-corrected chi connectivity index (χ2v) is 10.8. The number of imide groups is 1. The van der Waals surface area contributed by atoms with Crippen LogP contribution < -0.4 is 4.90 Å². The van der Waals surface area contributed by atoms with Gasteiger partial charge in [0.15, 0.2) is 0 Å². The fourth-order valence-corrected chi connectivity index (χ4v) is 7.40. The molecule has 186 valence electrons. The molecule has 0 unspecified atom stereocenters. The molecule has 1 aliphatic heterocycles. The first-order chi connectivity index (χ1) is 18.3. The van der Waals surface area contributed by atoms with Gasteiger partial charge in [0, 0.05) is 23.0 Å². The lowest BCUT2D eigenvalue weighted by molar-refractivity contribution is -0.384.